The van der Waals surface area contributed by atoms with Crippen LogP contribution in [0.1, 0.15) is 49.7 Å². The van der Waals surface area contributed by atoms with Crippen LogP contribution in [0.4, 0.5) is 0 Å². The summed E-state index contributed by atoms with van der Waals surface area (Å²) in [6.07, 6.45) is 2.07. The molecule has 4 amide bonds. The van der Waals surface area contributed by atoms with Gasteiger partial charge in [0.15, 0.2) is 0 Å². The van der Waals surface area contributed by atoms with Gasteiger partial charge in [-0.15, -0.1) is 0 Å². The summed E-state index contributed by atoms with van der Waals surface area (Å²) < 4.78 is 0. The summed E-state index contributed by atoms with van der Waals surface area (Å²) in [6.45, 7) is 5.77. The molecule has 9 heteroatoms. The second-order valence-corrected chi connectivity index (χ2v) is 10.5. The lowest BCUT2D eigenvalue weighted by molar-refractivity contribution is -0.132. The Bertz CT molecular complexity index is 1290. The number of nitrogens with zero attached hydrogens (tertiary/aromatic N) is 1. The molecule has 3 aromatic rings. The average Bonchev–Trinajstić information content (AvgIpc) is 2.93. The largest absolute Gasteiger partial charge is 0.353 e. The van der Waals surface area contributed by atoms with E-state index in [0.29, 0.717) is 6.42 Å². The summed E-state index contributed by atoms with van der Waals surface area (Å²) in [6, 6.07) is 21.7. The number of benzene rings is 2. The second kappa shape index (κ2) is 14.6. The van der Waals surface area contributed by atoms with Crippen molar-refractivity contribution < 1.29 is 19.2 Å². The number of carbonyl (C=O) groups is 4. The first-order valence-electron chi connectivity index (χ1n) is 13.3. The van der Waals surface area contributed by atoms with E-state index in [9.17, 15) is 19.2 Å². The van der Waals surface area contributed by atoms with Crippen molar-refractivity contribution in [3.63, 3.8) is 0 Å². The molecule has 0 fully saturated rings. The zero-order valence-electron chi connectivity index (χ0n) is 23.2. The number of aryl methyl sites for hydroxylation is 1. The zero-order chi connectivity index (χ0) is 29.0. The minimum Gasteiger partial charge on any atom is -0.353 e. The topological polar surface area (TPSA) is 129 Å². The minimum atomic E-state index is -1.05. The van der Waals surface area contributed by atoms with Crippen molar-refractivity contribution in [1.82, 2.24) is 26.3 Å². The van der Waals surface area contributed by atoms with Gasteiger partial charge in [0.25, 0.3) is 5.91 Å². The summed E-state index contributed by atoms with van der Waals surface area (Å²) in [5.74, 6) is -1.56. The summed E-state index contributed by atoms with van der Waals surface area (Å²) in [4.78, 5) is 54.9. The first-order chi connectivity index (χ1) is 19.1. The first kappa shape index (κ1) is 30.0. The second-order valence-electron chi connectivity index (χ2n) is 10.5. The maximum Gasteiger partial charge on any atom is 0.269 e. The summed E-state index contributed by atoms with van der Waals surface area (Å²) >= 11 is 0. The van der Waals surface area contributed by atoms with Crippen LogP contribution in [0.2, 0.25) is 0 Å². The molecule has 1 aromatic heterocycles. The van der Waals surface area contributed by atoms with Crippen LogP contribution in [0.15, 0.2) is 79.0 Å². The lowest BCUT2D eigenvalue weighted by Crippen LogP contribution is -2.51. The van der Waals surface area contributed by atoms with E-state index in [0.717, 1.165) is 16.7 Å². The monoisotopic (exact) mass is 543 g/mol. The molecular formula is C31H37N5O4. The highest BCUT2D eigenvalue weighted by molar-refractivity contribution is 5.94. The van der Waals surface area contributed by atoms with Crippen LogP contribution in [0.3, 0.4) is 0 Å². The van der Waals surface area contributed by atoms with Crippen molar-refractivity contribution in [3.8, 4) is 11.1 Å². The Balaban J connectivity index is 1.52. The van der Waals surface area contributed by atoms with Crippen LogP contribution in [-0.4, -0.2) is 53.3 Å². The number of carbonyl (C=O) groups excluding carboxylic acids is 4. The van der Waals surface area contributed by atoms with Gasteiger partial charge < -0.3 is 21.3 Å². The Hall–Kier alpha value is -4.53. The normalized spacial score (nSPS) is 11.7. The van der Waals surface area contributed by atoms with E-state index in [1.807, 2.05) is 87.5 Å². The molecule has 4 N–H and O–H groups in total. The molecule has 0 saturated carbocycles. The van der Waals surface area contributed by atoms with E-state index in [1.54, 1.807) is 12.3 Å². The number of pyridine rings is 1. The Morgan fingerprint density at radius 1 is 0.800 bits per heavy atom. The molecule has 1 unspecified atom stereocenters. The SMILES string of the molecule is CC(C)(C)NC(=O)CC(NC(=O)CCc1ccccc1)C(=O)NCCNC(=O)c1cc(-c2ccccc2)ccn1. The van der Waals surface area contributed by atoms with Crippen molar-refractivity contribution in [1.29, 1.82) is 0 Å². The highest BCUT2D eigenvalue weighted by Gasteiger charge is 2.25. The van der Waals surface area contributed by atoms with Crippen LogP contribution >= 0.6 is 0 Å². The third-order valence-electron chi connectivity index (χ3n) is 5.85. The van der Waals surface area contributed by atoms with Crippen molar-refractivity contribution in [3.05, 3.63) is 90.3 Å². The molecular weight excluding hydrogens is 506 g/mol. The van der Waals surface area contributed by atoms with Gasteiger partial charge in [-0.1, -0.05) is 60.7 Å². The van der Waals surface area contributed by atoms with E-state index in [2.05, 4.69) is 26.3 Å². The number of amides is 4. The summed E-state index contributed by atoms with van der Waals surface area (Å²) in [5, 5.41) is 11.0. The standard InChI is InChI=1S/C31H37N5O4/c1-31(2,3)36-28(38)21-26(35-27(37)15-14-22-10-6-4-7-11-22)30(40)34-19-18-33-29(39)25-20-24(16-17-32-25)23-12-8-5-9-13-23/h4-13,16-17,20,26H,14-15,18-19,21H2,1-3H3,(H,33,39)(H,34,40)(H,35,37)(H,36,38). The van der Waals surface area contributed by atoms with Crippen LogP contribution in [0.25, 0.3) is 11.1 Å². The maximum atomic E-state index is 12.9. The number of rotatable bonds is 12. The van der Waals surface area contributed by atoms with Gasteiger partial charge >= 0.3 is 0 Å². The molecule has 40 heavy (non-hydrogen) atoms. The third kappa shape index (κ3) is 10.3. The minimum absolute atomic E-state index is 0.111. The molecule has 0 aliphatic rings. The molecule has 9 nitrogen and oxygen atoms in total. The van der Waals surface area contributed by atoms with Crippen LogP contribution in [-0.2, 0) is 20.8 Å². The van der Waals surface area contributed by atoms with Gasteiger partial charge in [0.1, 0.15) is 11.7 Å². The van der Waals surface area contributed by atoms with E-state index in [1.165, 1.54) is 0 Å². The predicted molar refractivity (Wildman–Crippen MR) is 154 cm³/mol. The number of aromatic nitrogens is 1. The summed E-state index contributed by atoms with van der Waals surface area (Å²) in [5.41, 5.74) is 2.62. The van der Waals surface area contributed by atoms with Crippen molar-refractivity contribution >= 4 is 23.6 Å². The number of hydrogen-bond donors (Lipinski definition) is 4. The molecule has 210 valence electrons. The fourth-order valence-electron chi connectivity index (χ4n) is 3.97. The molecule has 0 aliphatic carbocycles. The number of nitrogens with one attached hydrogen (secondary N) is 4. The van der Waals surface area contributed by atoms with E-state index in [4.69, 9.17) is 0 Å². The molecule has 3 rings (SSSR count). The van der Waals surface area contributed by atoms with E-state index >= 15 is 0 Å². The molecule has 1 atom stereocenters. The van der Waals surface area contributed by atoms with Gasteiger partial charge in [-0.25, -0.2) is 0 Å². The molecule has 2 aromatic carbocycles. The van der Waals surface area contributed by atoms with Gasteiger partial charge in [0, 0.05) is 31.2 Å². The van der Waals surface area contributed by atoms with Gasteiger partial charge in [-0.2, -0.15) is 0 Å². The van der Waals surface area contributed by atoms with E-state index in [-0.39, 0.29) is 49.3 Å². The average molecular weight is 544 g/mol. The summed E-state index contributed by atoms with van der Waals surface area (Å²) in [7, 11) is 0. The molecule has 0 spiro atoms. The zero-order valence-corrected chi connectivity index (χ0v) is 23.2. The highest BCUT2D eigenvalue weighted by Crippen LogP contribution is 2.18. The van der Waals surface area contributed by atoms with Gasteiger partial charge in [0.05, 0.1) is 6.42 Å². The molecule has 0 aliphatic heterocycles. The van der Waals surface area contributed by atoms with Gasteiger partial charge in [-0.05, 0) is 56.0 Å². The maximum absolute atomic E-state index is 12.9. The predicted octanol–water partition coefficient (Wildman–Crippen LogP) is 3.02. The molecule has 1 heterocycles. The fraction of sp³-hybridized carbons (Fsp3) is 0.323. The van der Waals surface area contributed by atoms with Crippen molar-refractivity contribution in [2.24, 2.45) is 0 Å². The highest BCUT2D eigenvalue weighted by atomic mass is 16.2. The Kier molecular flexibility index (Phi) is 10.9. The number of hydrogen-bond acceptors (Lipinski definition) is 5. The van der Waals surface area contributed by atoms with Crippen molar-refractivity contribution in [2.75, 3.05) is 13.1 Å². The Morgan fingerprint density at radius 2 is 1.45 bits per heavy atom. The quantitative estimate of drug-likeness (QED) is 0.261. The lowest BCUT2D eigenvalue weighted by atomic mass is 10.1. The Labute approximate surface area is 235 Å². The van der Waals surface area contributed by atoms with Gasteiger partial charge in [-0.3, -0.25) is 24.2 Å². The smallest absolute Gasteiger partial charge is 0.269 e. The first-order valence-corrected chi connectivity index (χ1v) is 13.3. The molecule has 0 radical (unpaired) electrons. The third-order valence-corrected chi connectivity index (χ3v) is 5.85. The van der Waals surface area contributed by atoms with Crippen LogP contribution in [0, 0.1) is 0 Å². The van der Waals surface area contributed by atoms with Crippen molar-refractivity contribution in [2.45, 2.75) is 51.6 Å². The molecule has 0 bridgehead atoms. The van der Waals surface area contributed by atoms with E-state index < -0.39 is 17.5 Å². The van der Waals surface area contributed by atoms with Crippen LogP contribution in [0.5, 0.6) is 0 Å². The van der Waals surface area contributed by atoms with Crippen LogP contribution < -0.4 is 21.3 Å². The van der Waals surface area contributed by atoms with Gasteiger partial charge in [0.2, 0.25) is 17.7 Å². The fourth-order valence-corrected chi connectivity index (χ4v) is 3.97. The molecule has 0 saturated heterocycles. The lowest BCUT2D eigenvalue weighted by Gasteiger charge is -2.23. The Morgan fingerprint density at radius 3 is 2.12 bits per heavy atom.